The van der Waals surface area contributed by atoms with E-state index in [9.17, 15) is 4.79 Å². The van der Waals surface area contributed by atoms with Crippen molar-refractivity contribution in [3.63, 3.8) is 0 Å². The predicted octanol–water partition coefficient (Wildman–Crippen LogP) is 2.53. The highest BCUT2D eigenvalue weighted by Crippen LogP contribution is 2.05. The highest BCUT2D eigenvalue weighted by molar-refractivity contribution is 6.20. The molecule has 13 heavy (non-hydrogen) atoms. The predicted molar refractivity (Wildman–Crippen MR) is 54.2 cm³/mol. The van der Waals surface area contributed by atoms with Gasteiger partial charge in [0.2, 0.25) is 0 Å². The van der Waals surface area contributed by atoms with Crippen LogP contribution in [0.4, 0.5) is 4.79 Å². The molecule has 0 rings (SSSR count). The minimum Gasteiger partial charge on any atom is -0.450 e. The molecule has 1 N–H and O–H groups in total. The van der Waals surface area contributed by atoms with E-state index < -0.39 is 0 Å². The summed E-state index contributed by atoms with van der Waals surface area (Å²) in [6.45, 7) is 4.77. The number of amides is 1. The Balaban J connectivity index is 3.34. The van der Waals surface area contributed by atoms with Gasteiger partial charge in [-0.25, -0.2) is 4.79 Å². The first-order chi connectivity index (χ1) is 6.20. The maximum Gasteiger partial charge on any atom is 0.407 e. The van der Waals surface area contributed by atoms with Crippen LogP contribution >= 0.6 is 11.6 Å². The van der Waals surface area contributed by atoms with Crippen LogP contribution in [0.25, 0.3) is 0 Å². The number of ether oxygens (including phenoxy) is 1. The lowest BCUT2D eigenvalue weighted by molar-refractivity contribution is 0.152. The Hall–Kier alpha value is -0.440. The number of carbonyl (C=O) groups excluding carboxylic acids is 1. The van der Waals surface area contributed by atoms with Crippen molar-refractivity contribution in [2.24, 2.45) is 0 Å². The molecule has 1 atom stereocenters. The molecule has 1 amide bonds. The van der Waals surface area contributed by atoms with Gasteiger partial charge in [0.05, 0.1) is 12.0 Å². The lowest BCUT2D eigenvalue weighted by Crippen LogP contribution is -2.30. The van der Waals surface area contributed by atoms with Gasteiger partial charge >= 0.3 is 6.09 Å². The minimum absolute atomic E-state index is 0.0179. The van der Waals surface area contributed by atoms with E-state index in [-0.39, 0.29) is 11.5 Å². The van der Waals surface area contributed by atoms with E-state index in [1.807, 2.05) is 0 Å². The highest BCUT2D eigenvalue weighted by Gasteiger charge is 2.06. The zero-order chi connectivity index (χ0) is 10.1. The summed E-state index contributed by atoms with van der Waals surface area (Å²) in [6, 6.07) is 0. The van der Waals surface area contributed by atoms with Crippen LogP contribution in [0, 0.1) is 0 Å². The summed E-state index contributed by atoms with van der Waals surface area (Å²) in [5, 5.41) is 2.62. The molecule has 0 aromatic carbocycles. The first-order valence-corrected chi connectivity index (χ1v) is 5.19. The van der Waals surface area contributed by atoms with E-state index in [1.165, 1.54) is 0 Å². The number of rotatable bonds is 6. The maximum atomic E-state index is 10.8. The van der Waals surface area contributed by atoms with E-state index in [2.05, 4.69) is 17.0 Å². The third-order valence-electron chi connectivity index (χ3n) is 1.61. The van der Waals surface area contributed by atoms with Gasteiger partial charge < -0.3 is 10.1 Å². The van der Waals surface area contributed by atoms with Gasteiger partial charge in [-0.05, 0) is 13.3 Å². The second kappa shape index (κ2) is 8.17. The molecule has 0 aromatic heterocycles. The molecular formula is C9H18ClNO2. The third kappa shape index (κ3) is 7.91. The third-order valence-corrected chi connectivity index (χ3v) is 1.99. The Morgan fingerprint density at radius 2 is 2.23 bits per heavy atom. The Bertz CT molecular complexity index is 142. The van der Waals surface area contributed by atoms with Crippen LogP contribution in [-0.4, -0.2) is 24.6 Å². The van der Waals surface area contributed by atoms with E-state index in [1.54, 1.807) is 6.92 Å². The van der Waals surface area contributed by atoms with Crippen molar-refractivity contribution in [1.29, 1.82) is 0 Å². The van der Waals surface area contributed by atoms with Crippen LogP contribution in [0.3, 0.4) is 0 Å². The van der Waals surface area contributed by atoms with Crippen LogP contribution in [0.1, 0.15) is 33.1 Å². The number of nitrogens with one attached hydrogen (secondary N) is 1. The molecule has 0 aliphatic rings. The molecule has 0 fully saturated rings. The van der Waals surface area contributed by atoms with E-state index in [4.69, 9.17) is 11.6 Å². The zero-order valence-corrected chi connectivity index (χ0v) is 9.06. The molecule has 0 heterocycles. The van der Waals surface area contributed by atoms with Crippen molar-refractivity contribution in [1.82, 2.24) is 5.32 Å². The van der Waals surface area contributed by atoms with E-state index in [0.29, 0.717) is 13.2 Å². The van der Waals surface area contributed by atoms with Crippen molar-refractivity contribution in [2.45, 2.75) is 38.5 Å². The first-order valence-electron chi connectivity index (χ1n) is 4.75. The van der Waals surface area contributed by atoms with Crippen LogP contribution in [0.5, 0.6) is 0 Å². The summed E-state index contributed by atoms with van der Waals surface area (Å²) in [5.41, 5.74) is 0. The molecule has 3 nitrogen and oxygen atoms in total. The maximum absolute atomic E-state index is 10.8. The first kappa shape index (κ1) is 12.6. The number of alkyl halides is 1. The summed E-state index contributed by atoms with van der Waals surface area (Å²) in [6.07, 6.45) is 2.77. The fourth-order valence-corrected chi connectivity index (χ4v) is 1.14. The van der Waals surface area contributed by atoms with Gasteiger partial charge in [-0.15, -0.1) is 11.6 Å². The monoisotopic (exact) mass is 207 g/mol. The SMILES string of the molecule is CCCCC(Cl)CNC(=O)OCC. The molecule has 4 heteroatoms. The standard InChI is InChI=1S/C9H18ClNO2/c1-3-5-6-8(10)7-11-9(12)13-4-2/h8H,3-7H2,1-2H3,(H,11,12). The van der Waals surface area contributed by atoms with Crippen LogP contribution in [0.15, 0.2) is 0 Å². The number of carbonyl (C=O) groups is 1. The van der Waals surface area contributed by atoms with Gasteiger partial charge in [0.1, 0.15) is 0 Å². The minimum atomic E-state index is -0.385. The van der Waals surface area contributed by atoms with Crippen molar-refractivity contribution in [3.05, 3.63) is 0 Å². The molecule has 0 saturated heterocycles. The van der Waals surface area contributed by atoms with Crippen molar-refractivity contribution < 1.29 is 9.53 Å². The average Bonchev–Trinajstić information content (AvgIpc) is 2.12. The number of halogens is 1. The summed E-state index contributed by atoms with van der Waals surface area (Å²) in [5.74, 6) is 0. The molecule has 0 radical (unpaired) electrons. The largest absolute Gasteiger partial charge is 0.450 e. The molecule has 1 unspecified atom stereocenters. The van der Waals surface area contributed by atoms with E-state index >= 15 is 0 Å². The molecular weight excluding hydrogens is 190 g/mol. The second-order valence-electron chi connectivity index (χ2n) is 2.84. The van der Waals surface area contributed by atoms with Gasteiger partial charge in [0.15, 0.2) is 0 Å². The molecule has 0 bridgehead atoms. The fourth-order valence-electron chi connectivity index (χ4n) is 0.904. The normalized spacial score (nSPS) is 12.2. The lowest BCUT2D eigenvalue weighted by Gasteiger charge is -2.09. The van der Waals surface area contributed by atoms with Crippen LogP contribution < -0.4 is 5.32 Å². The van der Waals surface area contributed by atoms with E-state index in [0.717, 1.165) is 19.3 Å². The number of alkyl carbamates (subject to hydrolysis) is 1. The molecule has 0 saturated carbocycles. The fraction of sp³-hybridized carbons (Fsp3) is 0.889. The van der Waals surface area contributed by atoms with Gasteiger partial charge in [0.25, 0.3) is 0 Å². The highest BCUT2D eigenvalue weighted by atomic mass is 35.5. The van der Waals surface area contributed by atoms with Crippen LogP contribution in [0.2, 0.25) is 0 Å². The van der Waals surface area contributed by atoms with Crippen LogP contribution in [-0.2, 0) is 4.74 Å². The molecule has 78 valence electrons. The Labute approximate surface area is 84.8 Å². The number of unbranched alkanes of at least 4 members (excludes halogenated alkanes) is 1. The molecule has 0 aliphatic heterocycles. The topological polar surface area (TPSA) is 38.3 Å². The van der Waals surface area contributed by atoms with Gasteiger partial charge in [-0.1, -0.05) is 19.8 Å². The quantitative estimate of drug-likeness (QED) is 0.680. The Morgan fingerprint density at radius 1 is 1.54 bits per heavy atom. The van der Waals surface area contributed by atoms with Crippen molar-refractivity contribution in [2.75, 3.05) is 13.2 Å². The zero-order valence-electron chi connectivity index (χ0n) is 8.31. The number of hydrogen-bond donors (Lipinski definition) is 1. The lowest BCUT2D eigenvalue weighted by atomic mass is 10.2. The smallest absolute Gasteiger partial charge is 0.407 e. The molecule has 0 spiro atoms. The molecule has 0 aromatic rings. The Kier molecular flexibility index (Phi) is 7.90. The van der Waals surface area contributed by atoms with Crippen molar-refractivity contribution in [3.8, 4) is 0 Å². The Morgan fingerprint density at radius 3 is 2.77 bits per heavy atom. The summed E-state index contributed by atoms with van der Waals surface area (Å²) in [7, 11) is 0. The summed E-state index contributed by atoms with van der Waals surface area (Å²) >= 11 is 5.93. The van der Waals surface area contributed by atoms with Gasteiger partial charge in [0, 0.05) is 6.54 Å². The molecule has 0 aliphatic carbocycles. The van der Waals surface area contributed by atoms with Gasteiger partial charge in [-0.3, -0.25) is 0 Å². The number of hydrogen-bond acceptors (Lipinski definition) is 2. The van der Waals surface area contributed by atoms with Gasteiger partial charge in [-0.2, -0.15) is 0 Å². The second-order valence-corrected chi connectivity index (χ2v) is 3.46. The van der Waals surface area contributed by atoms with Crippen molar-refractivity contribution >= 4 is 17.7 Å². The summed E-state index contributed by atoms with van der Waals surface area (Å²) < 4.78 is 4.69. The average molecular weight is 208 g/mol. The summed E-state index contributed by atoms with van der Waals surface area (Å²) in [4.78, 5) is 10.8.